The molecule has 0 amide bonds. The lowest BCUT2D eigenvalue weighted by Crippen LogP contribution is -2.15. The maximum atomic E-state index is 5.78. The molecule has 0 aliphatic heterocycles. The zero-order chi connectivity index (χ0) is 12.3. The van der Waals surface area contributed by atoms with E-state index < -0.39 is 0 Å². The highest BCUT2D eigenvalue weighted by atomic mass is 32.1. The van der Waals surface area contributed by atoms with Gasteiger partial charge in [0.1, 0.15) is 5.01 Å². The quantitative estimate of drug-likeness (QED) is 0.904. The van der Waals surface area contributed by atoms with Crippen LogP contribution in [0.25, 0.3) is 10.6 Å². The van der Waals surface area contributed by atoms with Crippen LogP contribution in [0, 0.1) is 6.92 Å². The topological polar surface area (TPSA) is 51.8 Å². The van der Waals surface area contributed by atoms with Gasteiger partial charge in [0.2, 0.25) is 0 Å². The first-order valence-electron chi connectivity index (χ1n) is 5.79. The van der Waals surface area contributed by atoms with Crippen LogP contribution >= 0.6 is 11.3 Å². The summed E-state index contributed by atoms with van der Waals surface area (Å²) >= 11 is 1.76. The second-order valence-corrected chi connectivity index (χ2v) is 5.36. The summed E-state index contributed by atoms with van der Waals surface area (Å²) in [5.41, 5.74) is 8.05. The van der Waals surface area contributed by atoms with Crippen LogP contribution in [-0.2, 0) is 6.42 Å². The van der Waals surface area contributed by atoms with E-state index in [0.717, 1.165) is 29.1 Å². The smallest absolute Gasteiger partial charge is 0.123 e. The van der Waals surface area contributed by atoms with Gasteiger partial charge in [-0.2, -0.15) is 0 Å². The Labute approximate surface area is 106 Å². The van der Waals surface area contributed by atoms with E-state index in [4.69, 9.17) is 5.73 Å². The third kappa shape index (κ3) is 3.11. The van der Waals surface area contributed by atoms with E-state index in [1.807, 2.05) is 19.1 Å². The van der Waals surface area contributed by atoms with E-state index in [9.17, 15) is 0 Å². The van der Waals surface area contributed by atoms with Crippen molar-refractivity contribution in [2.45, 2.75) is 32.7 Å². The van der Waals surface area contributed by atoms with E-state index in [1.165, 1.54) is 4.88 Å². The predicted molar refractivity (Wildman–Crippen MR) is 72.1 cm³/mol. The molecule has 0 aliphatic carbocycles. The number of aryl methyl sites for hydroxylation is 2. The fourth-order valence-electron chi connectivity index (χ4n) is 1.64. The summed E-state index contributed by atoms with van der Waals surface area (Å²) in [6.07, 6.45) is 5.63. The van der Waals surface area contributed by atoms with Gasteiger partial charge < -0.3 is 5.73 Å². The molecule has 2 aromatic rings. The predicted octanol–water partition coefficient (Wildman–Crippen LogP) is 2.79. The third-order valence-corrected chi connectivity index (χ3v) is 3.91. The van der Waals surface area contributed by atoms with Crippen LogP contribution in [0.2, 0.25) is 0 Å². The molecule has 2 rings (SSSR count). The van der Waals surface area contributed by atoms with Gasteiger partial charge in [-0.1, -0.05) is 0 Å². The molecule has 1 atom stereocenters. The van der Waals surface area contributed by atoms with Crippen LogP contribution in [0.1, 0.15) is 23.9 Å². The lowest BCUT2D eigenvalue weighted by molar-refractivity contribution is 0.668. The molecule has 0 saturated heterocycles. The summed E-state index contributed by atoms with van der Waals surface area (Å²) in [5.74, 6) is 0. The lowest BCUT2D eigenvalue weighted by atomic mass is 10.1. The largest absolute Gasteiger partial charge is 0.328 e. The number of hydrogen-bond acceptors (Lipinski definition) is 4. The maximum absolute atomic E-state index is 5.78. The molecule has 2 aromatic heterocycles. The van der Waals surface area contributed by atoms with E-state index in [-0.39, 0.29) is 6.04 Å². The molecule has 0 spiro atoms. The molecule has 90 valence electrons. The highest BCUT2D eigenvalue weighted by molar-refractivity contribution is 7.15. The van der Waals surface area contributed by atoms with Gasteiger partial charge in [0, 0.05) is 28.9 Å². The van der Waals surface area contributed by atoms with Gasteiger partial charge in [0.15, 0.2) is 0 Å². The normalized spacial score (nSPS) is 12.6. The maximum Gasteiger partial charge on any atom is 0.123 e. The molecular formula is C13H17N3S. The lowest BCUT2D eigenvalue weighted by Gasteiger charge is -2.02. The Morgan fingerprint density at radius 1 is 1.35 bits per heavy atom. The van der Waals surface area contributed by atoms with Gasteiger partial charge >= 0.3 is 0 Å². The van der Waals surface area contributed by atoms with Crippen LogP contribution < -0.4 is 5.73 Å². The van der Waals surface area contributed by atoms with Crippen LogP contribution in [-0.4, -0.2) is 16.0 Å². The average molecular weight is 247 g/mol. The Bertz CT molecular complexity index is 477. The Kier molecular flexibility index (Phi) is 3.86. The first kappa shape index (κ1) is 12.2. The van der Waals surface area contributed by atoms with Gasteiger partial charge in [0.05, 0.1) is 5.69 Å². The van der Waals surface area contributed by atoms with E-state index in [0.29, 0.717) is 0 Å². The summed E-state index contributed by atoms with van der Waals surface area (Å²) in [7, 11) is 0. The number of pyridine rings is 1. The van der Waals surface area contributed by atoms with Gasteiger partial charge in [-0.15, -0.1) is 11.3 Å². The Morgan fingerprint density at radius 2 is 2.06 bits per heavy atom. The van der Waals surface area contributed by atoms with Crippen LogP contribution in [0.15, 0.2) is 24.5 Å². The fourth-order valence-corrected chi connectivity index (χ4v) is 2.72. The molecule has 0 fully saturated rings. The van der Waals surface area contributed by atoms with Crippen LogP contribution in [0.4, 0.5) is 0 Å². The Balaban J connectivity index is 2.19. The SMILES string of the molecule is Cc1nc(-c2ccncc2)sc1CCC(C)N. The molecule has 2 N–H and O–H groups in total. The number of nitrogens with two attached hydrogens (primary N) is 1. The standard InChI is InChI=1S/C13H17N3S/c1-9(14)3-4-12-10(2)16-13(17-12)11-5-7-15-8-6-11/h5-9H,3-4,14H2,1-2H3. The second kappa shape index (κ2) is 5.38. The Hall–Kier alpha value is -1.26. The van der Waals surface area contributed by atoms with Crippen molar-refractivity contribution in [3.05, 3.63) is 35.1 Å². The molecule has 0 aromatic carbocycles. The van der Waals surface area contributed by atoms with Crippen molar-refractivity contribution >= 4 is 11.3 Å². The minimum Gasteiger partial charge on any atom is -0.328 e. The zero-order valence-corrected chi connectivity index (χ0v) is 11.0. The summed E-state index contributed by atoms with van der Waals surface area (Å²) in [6, 6.07) is 4.24. The van der Waals surface area contributed by atoms with Crippen LogP contribution in [0.5, 0.6) is 0 Å². The summed E-state index contributed by atoms with van der Waals surface area (Å²) < 4.78 is 0. The number of nitrogens with zero attached hydrogens (tertiary/aromatic N) is 2. The summed E-state index contributed by atoms with van der Waals surface area (Å²) in [5, 5.41) is 1.07. The van der Waals surface area contributed by atoms with Crippen molar-refractivity contribution in [2.24, 2.45) is 5.73 Å². The highest BCUT2D eigenvalue weighted by Crippen LogP contribution is 2.28. The van der Waals surface area contributed by atoms with Gasteiger partial charge in [-0.25, -0.2) is 4.98 Å². The number of rotatable bonds is 4. The van der Waals surface area contributed by atoms with Crippen molar-refractivity contribution in [3.8, 4) is 10.6 Å². The van der Waals surface area contributed by atoms with Gasteiger partial charge in [-0.3, -0.25) is 4.98 Å². The molecule has 0 saturated carbocycles. The molecule has 4 heteroatoms. The highest BCUT2D eigenvalue weighted by Gasteiger charge is 2.09. The van der Waals surface area contributed by atoms with Crippen molar-refractivity contribution in [3.63, 3.8) is 0 Å². The summed E-state index contributed by atoms with van der Waals surface area (Å²) in [6.45, 7) is 4.11. The number of thiazole rings is 1. The molecule has 0 radical (unpaired) electrons. The summed E-state index contributed by atoms with van der Waals surface area (Å²) in [4.78, 5) is 9.97. The molecule has 17 heavy (non-hydrogen) atoms. The first-order chi connectivity index (χ1) is 8.16. The van der Waals surface area contributed by atoms with E-state index in [2.05, 4.69) is 16.9 Å². The van der Waals surface area contributed by atoms with Crippen molar-refractivity contribution in [1.29, 1.82) is 0 Å². The minimum atomic E-state index is 0.251. The first-order valence-corrected chi connectivity index (χ1v) is 6.60. The van der Waals surface area contributed by atoms with Crippen molar-refractivity contribution in [1.82, 2.24) is 9.97 Å². The molecule has 3 nitrogen and oxygen atoms in total. The molecular weight excluding hydrogens is 230 g/mol. The molecule has 0 aliphatic rings. The van der Waals surface area contributed by atoms with Crippen molar-refractivity contribution < 1.29 is 0 Å². The van der Waals surface area contributed by atoms with Crippen LogP contribution in [0.3, 0.4) is 0 Å². The zero-order valence-electron chi connectivity index (χ0n) is 10.2. The molecule has 0 bridgehead atoms. The van der Waals surface area contributed by atoms with E-state index >= 15 is 0 Å². The average Bonchev–Trinajstić information content (AvgIpc) is 2.69. The molecule has 2 heterocycles. The minimum absolute atomic E-state index is 0.251. The van der Waals surface area contributed by atoms with Gasteiger partial charge in [-0.05, 0) is 38.8 Å². The number of aromatic nitrogens is 2. The number of hydrogen-bond donors (Lipinski definition) is 1. The van der Waals surface area contributed by atoms with E-state index in [1.54, 1.807) is 23.7 Å². The van der Waals surface area contributed by atoms with Crippen molar-refractivity contribution in [2.75, 3.05) is 0 Å². The molecule has 1 unspecified atom stereocenters. The monoisotopic (exact) mass is 247 g/mol. The Morgan fingerprint density at radius 3 is 2.71 bits per heavy atom. The second-order valence-electron chi connectivity index (χ2n) is 4.28. The third-order valence-electron chi connectivity index (χ3n) is 2.65. The fraction of sp³-hybridized carbons (Fsp3) is 0.385. The van der Waals surface area contributed by atoms with Gasteiger partial charge in [0.25, 0.3) is 0 Å².